The van der Waals surface area contributed by atoms with Gasteiger partial charge in [0.25, 0.3) is 5.92 Å². The summed E-state index contributed by atoms with van der Waals surface area (Å²) in [6.07, 6.45) is 0.932. The van der Waals surface area contributed by atoms with Crippen LogP contribution in [-0.2, 0) is 4.74 Å². The lowest BCUT2D eigenvalue weighted by Gasteiger charge is -2.14. The summed E-state index contributed by atoms with van der Waals surface area (Å²) in [6, 6.07) is 0.812. The summed E-state index contributed by atoms with van der Waals surface area (Å²) in [5.74, 6) is -3.38. The molecule has 0 aromatic carbocycles. The maximum Gasteiger partial charge on any atom is 0.356 e. The van der Waals surface area contributed by atoms with E-state index in [0.29, 0.717) is 5.56 Å². The second kappa shape index (κ2) is 6.60. The number of nitrogens with two attached hydrogens (primary N) is 1. The van der Waals surface area contributed by atoms with Gasteiger partial charge < -0.3 is 15.8 Å². The van der Waals surface area contributed by atoms with Crippen LogP contribution in [0.25, 0.3) is 0 Å². The largest absolute Gasteiger partial charge is 0.464 e. The van der Waals surface area contributed by atoms with Gasteiger partial charge in [-0.3, -0.25) is 0 Å². The van der Waals surface area contributed by atoms with Crippen molar-refractivity contribution in [3.63, 3.8) is 0 Å². The van der Waals surface area contributed by atoms with Gasteiger partial charge in [-0.05, 0) is 11.6 Å². The van der Waals surface area contributed by atoms with Gasteiger partial charge in [0.2, 0.25) is 0 Å². The summed E-state index contributed by atoms with van der Waals surface area (Å²) < 4.78 is 30.8. The fourth-order valence-corrected chi connectivity index (χ4v) is 1.93. The zero-order chi connectivity index (χ0) is 15.3. The van der Waals surface area contributed by atoms with Crippen molar-refractivity contribution in [2.45, 2.75) is 32.2 Å². The molecule has 1 aliphatic rings. The van der Waals surface area contributed by atoms with Gasteiger partial charge >= 0.3 is 5.97 Å². The number of methoxy groups -OCH3 is 1. The average molecular weight is 287 g/mol. The van der Waals surface area contributed by atoms with Crippen molar-refractivity contribution in [1.82, 2.24) is 10.3 Å². The van der Waals surface area contributed by atoms with E-state index in [4.69, 9.17) is 5.73 Å². The third kappa shape index (κ3) is 3.63. The van der Waals surface area contributed by atoms with Crippen LogP contribution in [0.4, 0.5) is 14.5 Å². The van der Waals surface area contributed by atoms with E-state index in [2.05, 4.69) is 15.0 Å². The Labute approximate surface area is 116 Å². The number of hydrogen-bond donors (Lipinski definition) is 2. The highest BCUT2D eigenvalue weighted by Gasteiger charge is 2.40. The number of aromatic nitrogens is 1. The number of rotatable bonds is 2. The van der Waals surface area contributed by atoms with E-state index in [9.17, 15) is 13.6 Å². The van der Waals surface area contributed by atoms with Gasteiger partial charge in [-0.2, -0.15) is 0 Å². The zero-order valence-corrected chi connectivity index (χ0v) is 11.7. The second-order valence-electron chi connectivity index (χ2n) is 4.18. The van der Waals surface area contributed by atoms with Crippen molar-refractivity contribution in [2.75, 3.05) is 19.4 Å². The van der Waals surface area contributed by atoms with Crippen LogP contribution in [-0.4, -0.2) is 30.5 Å². The van der Waals surface area contributed by atoms with Crippen LogP contribution in [0.15, 0.2) is 12.3 Å². The smallest absolute Gasteiger partial charge is 0.356 e. The summed E-state index contributed by atoms with van der Waals surface area (Å²) in [7, 11) is 1.22. The number of halogens is 2. The zero-order valence-electron chi connectivity index (χ0n) is 11.7. The molecule has 1 unspecified atom stereocenters. The highest BCUT2D eigenvalue weighted by Crippen LogP contribution is 2.36. The molecule has 1 saturated heterocycles. The summed E-state index contributed by atoms with van der Waals surface area (Å²) >= 11 is 0. The topological polar surface area (TPSA) is 77.2 Å². The average Bonchev–Trinajstić information content (AvgIpc) is 2.81. The molecule has 3 N–H and O–H groups in total. The molecule has 1 aromatic rings. The molecule has 0 spiro atoms. The molecule has 5 nitrogen and oxygen atoms in total. The number of ether oxygens (including phenoxy) is 1. The molecular weight excluding hydrogens is 268 g/mol. The number of pyridine rings is 1. The number of alkyl halides is 2. The van der Waals surface area contributed by atoms with Crippen LogP contribution in [0, 0.1) is 0 Å². The van der Waals surface area contributed by atoms with E-state index < -0.39 is 24.5 Å². The first-order valence-electron chi connectivity index (χ1n) is 6.38. The highest BCUT2D eigenvalue weighted by molar-refractivity contribution is 5.87. The van der Waals surface area contributed by atoms with Gasteiger partial charge in [-0.1, -0.05) is 13.8 Å². The van der Waals surface area contributed by atoms with Crippen LogP contribution < -0.4 is 11.1 Å². The third-order valence-electron chi connectivity index (χ3n) is 2.85. The molecule has 1 aliphatic heterocycles. The minimum absolute atomic E-state index is 0.0544. The minimum Gasteiger partial charge on any atom is -0.464 e. The van der Waals surface area contributed by atoms with Crippen LogP contribution >= 0.6 is 0 Å². The molecule has 0 radical (unpaired) electrons. The summed E-state index contributed by atoms with van der Waals surface area (Å²) in [6.45, 7) is 3.60. The molecule has 1 atom stereocenters. The quantitative estimate of drug-likeness (QED) is 0.815. The van der Waals surface area contributed by atoms with Crippen molar-refractivity contribution < 1.29 is 18.3 Å². The third-order valence-corrected chi connectivity index (χ3v) is 2.85. The number of nitrogens with zero attached hydrogens (tertiary/aromatic N) is 1. The van der Waals surface area contributed by atoms with Crippen LogP contribution in [0.3, 0.4) is 0 Å². The number of nitrogen functional groups attached to an aromatic ring is 1. The fraction of sp³-hybridized carbons (Fsp3) is 0.538. The van der Waals surface area contributed by atoms with Crippen molar-refractivity contribution in [3.05, 3.63) is 23.5 Å². The monoisotopic (exact) mass is 287 g/mol. The van der Waals surface area contributed by atoms with Gasteiger partial charge in [-0.15, -0.1) is 0 Å². The highest BCUT2D eigenvalue weighted by atomic mass is 19.3. The normalized spacial score (nSPS) is 19.9. The molecule has 1 fully saturated rings. The van der Waals surface area contributed by atoms with E-state index in [1.54, 1.807) is 0 Å². The fourth-order valence-electron chi connectivity index (χ4n) is 1.93. The molecule has 1 aromatic heterocycles. The Morgan fingerprint density at radius 3 is 2.70 bits per heavy atom. The number of esters is 1. The van der Waals surface area contributed by atoms with Gasteiger partial charge in [0.1, 0.15) is 5.69 Å². The SMILES string of the molecule is CC.COC(=O)c1cc(C2CC(F)(F)CN2)c(N)cn1. The summed E-state index contributed by atoms with van der Waals surface area (Å²) in [5, 5.41) is 2.68. The molecule has 0 amide bonds. The van der Waals surface area contributed by atoms with Crippen molar-refractivity contribution in [3.8, 4) is 0 Å². The lowest BCUT2D eigenvalue weighted by atomic mass is 10.0. The van der Waals surface area contributed by atoms with E-state index in [-0.39, 0.29) is 17.8 Å². The first-order chi connectivity index (χ1) is 9.43. The summed E-state index contributed by atoms with van der Waals surface area (Å²) in [5.41, 5.74) is 6.48. The standard InChI is InChI=1S/C11H13F2N3O2.C2H6/c1-18-10(17)8-2-6(7(14)4-15-8)9-3-11(12,13)5-16-9;1-2/h2,4,9,16H,3,5,14H2,1H3;1-2H3. The predicted octanol–water partition coefficient (Wildman–Crippen LogP) is 2.15. The molecule has 0 saturated carbocycles. The Balaban J connectivity index is 0.000000956. The molecule has 0 aliphatic carbocycles. The first kappa shape index (κ1) is 16.3. The molecule has 2 heterocycles. The van der Waals surface area contributed by atoms with Gasteiger partial charge in [0, 0.05) is 12.5 Å². The Kier molecular flexibility index (Phi) is 5.38. The lowest BCUT2D eigenvalue weighted by molar-refractivity contribution is 0.0210. The van der Waals surface area contributed by atoms with Gasteiger partial charge in [0.05, 0.1) is 25.5 Å². The van der Waals surface area contributed by atoms with Gasteiger partial charge in [-0.25, -0.2) is 18.6 Å². The van der Waals surface area contributed by atoms with E-state index in [1.807, 2.05) is 13.8 Å². The number of hydrogen-bond acceptors (Lipinski definition) is 5. The van der Waals surface area contributed by atoms with Crippen molar-refractivity contribution in [2.24, 2.45) is 0 Å². The van der Waals surface area contributed by atoms with E-state index in [0.717, 1.165) is 0 Å². The Morgan fingerprint density at radius 2 is 2.20 bits per heavy atom. The lowest BCUT2D eigenvalue weighted by Crippen LogP contribution is -2.20. The molecule has 112 valence electrons. The molecular formula is C13H19F2N3O2. The first-order valence-corrected chi connectivity index (χ1v) is 6.38. The molecule has 7 heteroatoms. The van der Waals surface area contributed by atoms with Crippen molar-refractivity contribution in [1.29, 1.82) is 0 Å². The number of nitrogens with one attached hydrogen (secondary N) is 1. The Hall–Kier alpha value is -1.76. The number of anilines is 1. The minimum atomic E-state index is -2.76. The maximum atomic E-state index is 13.1. The maximum absolute atomic E-state index is 13.1. The van der Waals surface area contributed by atoms with Crippen LogP contribution in [0.2, 0.25) is 0 Å². The van der Waals surface area contributed by atoms with E-state index in [1.165, 1.54) is 19.4 Å². The molecule has 0 bridgehead atoms. The van der Waals surface area contributed by atoms with Crippen LogP contribution in [0.5, 0.6) is 0 Å². The number of carbonyl (C=O) groups excluding carboxylic acids is 1. The van der Waals surface area contributed by atoms with Gasteiger partial charge in [0.15, 0.2) is 0 Å². The Bertz CT molecular complexity index is 481. The second-order valence-corrected chi connectivity index (χ2v) is 4.18. The van der Waals surface area contributed by atoms with Crippen molar-refractivity contribution >= 4 is 11.7 Å². The molecule has 2 rings (SSSR count). The predicted molar refractivity (Wildman–Crippen MR) is 71.6 cm³/mol. The van der Waals surface area contributed by atoms with E-state index >= 15 is 0 Å². The molecule has 20 heavy (non-hydrogen) atoms. The van der Waals surface area contributed by atoms with Crippen LogP contribution in [0.1, 0.15) is 42.4 Å². The summed E-state index contributed by atoms with van der Waals surface area (Å²) in [4.78, 5) is 15.1. The Morgan fingerprint density at radius 1 is 1.55 bits per heavy atom. The number of carbonyl (C=O) groups is 1.